The molecule has 98 valence electrons. The zero-order valence-electron chi connectivity index (χ0n) is 9.39. The van der Waals surface area contributed by atoms with Gasteiger partial charge in [-0.25, -0.2) is 4.79 Å². The fourth-order valence-electron chi connectivity index (χ4n) is 2.09. The number of nitrogens with one attached hydrogen (secondary N) is 1. The number of aromatic amines is 1. The first-order valence-electron chi connectivity index (χ1n) is 5.39. The SMILES string of the molecule is O=c1ccn([C@H]2C=C[C@@H](CP(=O)(O)O)C2)c(=O)[nH]1. The number of aromatic nitrogens is 2. The highest BCUT2D eigenvalue weighted by Crippen LogP contribution is 2.41. The van der Waals surface area contributed by atoms with E-state index in [1.165, 1.54) is 16.8 Å². The summed E-state index contributed by atoms with van der Waals surface area (Å²) in [6, 6.07) is 0.969. The molecule has 0 radical (unpaired) electrons. The second-order valence-corrected chi connectivity index (χ2v) is 6.01. The fourth-order valence-corrected chi connectivity index (χ4v) is 2.97. The summed E-state index contributed by atoms with van der Waals surface area (Å²) >= 11 is 0. The lowest BCUT2D eigenvalue weighted by atomic mass is 10.1. The van der Waals surface area contributed by atoms with Crippen molar-refractivity contribution < 1.29 is 14.4 Å². The summed E-state index contributed by atoms with van der Waals surface area (Å²) in [5, 5.41) is 0. The molecule has 0 saturated heterocycles. The van der Waals surface area contributed by atoms with Crippen LogP contribution in [0.5, 0.6) is 0 Å². The Bertz CT molecular complexity index is 626. The van der Waals surface area contributed by atoms with Crippen molar-refractivity contribution in [3.63, 3.8) is 0 Å². The maximum atomic E-state index is 11.5. The van der Waals surface area contributed by atoms with E-state index < -0.39 is 18.8 Å². The predicted molar refractivity (Wildman–Crippen MR) is 64.5 cm³/mol. The zero-order chi connectivity index (χ0) is 13.3. The van der Waals surface area contributed by atoms with Crippen LogP contribution in [0.2, 0.25) is 0 Å². The first-order chi connectivity index (χ1) is 8.35. The van der Waals surface area contributed by atoms with E-state index in [0.717, 1.165) is 0 Å². The molecule has 0 bridgehead atoms. The van der Waals surface area contributed by atoms with Gasteiger partial charge in [-0.3, -0.25) is 18.9 Å². The van der Waals surface area contributed by atoms with Crippen LogP contribution in [0.3, 0.4) is 0 Å². The van der Waals surface area contributed by atoms with Crippen LogP contribution < -0.4 is 11.2 Å². The minimum atomic E-state index is -4.05. The zero-order valence-corrected chi connectivity index (χ0v) is 10.3. The summed E-state index contributed by atoms with van der Waals surface area (Å²) in [6.45, 7) is 0. The molecule has 1 aromatic heterocycles. The Morgan fingerprint density at radius 3 is 2.72 bits per heavy atom. The van der Waals surface area contributed by atoms with Gasteiger partial charge in [0.1, 0.15) is 0 Å². The highest BCUT2D eigenvalue weighted by molar-refractivity contribution is 7.51. The number of allylic oxidation sites excluding steroid dienone is 2. The largest absolute Gasteiger partial charge is 0.328 e. The smallest absolute Gasteiger partial charge is 0.324 e. The quantitative estimate of drug-likeness (QED) is 0.522. The fraction of sp³-hybridized carbons (Fsp3) is 0.400. The number of hydrogen-bond donors (Lipinski definition) is 3. The predicted octanol–water partition coefficient (Wildman–Crippen LogP) is -0.169. The van der Waals surface area contributed by atoms with Crippen LogP contribution in [0.25, 0.3) is 0 Å². The van der Waals surface area contributed by atoms with Crippen LogP contribution in [-0.2, 0) is 4.57 Å². The van der Waals surface area contributed by atoms with Crippen molar-refractivity contribution in [2.24, 2.45) is 5.92 Å². The molecule has 8 heteroatoms. The molecule has 1 heterocycles. The molecule has 0 aliphatic heterocycles. The van der Waals surface area contributed by atoms with Crippen molar-refractivity contribution in [1.29, 1.82) is 0 Å². The van der Waals surface area contributed by atoms with Crippen molar-refractivity contribution in [2.75, 3.05) is 6.16 Å². The molecule has 1 aliphatic carbocycles. The Hall–Kier alpha value is -1.43. The summed E-state index contributed by atoms with van der Waals surface area (Å²) in [7, 11) is -4.05. The molecule has 3 N–H and O–H groups in total. The maximum absolute atomic E-state index is 11.5. The second kappa shape index (κ2) is 4.68. The van der Waals surface area contributed by atoms with E-state index in [4.69, 9.17) is 9.79 Å². The molecule has 18 heavy (non-hydrogen) atoms. The minimum Gasteiger partial charge on any atom is -0.324 e. The van der Waals surface area contributed by atoms with Crippen molar-refractivity contribution >= 4 is 7.60 Å². The summed E-state index contributed by atoms with van der Waals surface area (Å²) in [5.74, 6) is -0.255. The van der Waals surface area contributed by atoms with Crippen molar-refractivity contribution in [3.8, 4) is 0 Å². The monoisotopic (exact) mass is 272 g/mol. The minimum absolute atomic E-state index is 0.224. The number of nitrogens with zero attached hydrogens (tertiary/aromatic N) is 1. The molecule has 0 spiro atoms. The molecule has 0 unspecified atom stereocenters. The van der Waals surface area contributed by atoms with E-state index in [9.17, 15) is 14.2 Å². The van der Waals surface area contributed by atoms with E-state index in [1.807, 2.05) is 0 Å². The molecule has 0 fully saturated rings. The molecular formula is C10H13N2O5P. The average molecular weight is 272 g/mol. The average Bonchev–Trinajstić information content (AvgIpc) is 2.63. The van der Waals surface area contributed by atoms with E-state index in [-0.39, 0.29) is 18.1 Å². The molecule has 0 aromatic carbocycles. The first-order valence-corrected chi connectivity index (χ1v) is 7.19. The Morgan fingerprint density at radius 1 is 1.39 bits per heavy atom. The molecule has 2 rings (SSSR count). The van der Waals surface area contributed by atoms with Gasteiger partial charge in [0.25, 0.3) is 5.56 Å². The molecular weight excluding hydrogens is 259 g/mol. The van der Waals surface area contributed by atoms with Crippen LogP contribution in [0, 0.1) is 5.92 Å². The Kier molecular flexibility index (Phi) is 3.38. The highest BCUT2D eigenvalue weighted by atomic mass is 31.2. The first kappa shape index (κ1) is 13.0. The molecule has 2 atom stereocenters. The molecule has 1 aliphatic rings. The van der Waals surface area contributed by atoms with E-state index in [1.54, 1.807) is 12.2 Å². The van der Waals surface area contributed by atoms with Gasteiger partial charge in [0, 0.05) is 12.3 Å². The normalized spacial score (nSPS) is 23.4. The number of rotatable bonds is 3. The van der Waals surface area contributed by atoms with Gasteiger partial charge >= 0.3 is 13.3 Å². The van der Waals surface area contributed by atoms with Crippen LogP contribution in [0.15, 0.2) is 34.0 Å². The van der Waals surface area contributed by atoms with Gasteiger partial charge in [-0.2, -0.15) is 0 Å². The summed E-state index contributed by atoms with van der Waals surface area (Å²) < 4.78 is 12.2. The van der Waals surface area contributed by atoms with Gasteiger partial charge in [0.2, 0.25) is 0 Å². The van der Waals surface area contributed by atoms with E-state index in [0.29, 0.717) is 6.42 Å². The van der Waals surface area contributed by atoms with Gasteiger partial charge in [-0.05, 0) is 12.3 Å². The summed E-state index contributed by atoms with van der Waals surface area (Å²) in [5.41, 5.74) is -0.987. The standard InChI is InChI=1S/C10H13N2O5P/c13-9-3-4-12(10(14)11-9)8-2-1-7(5-8)6-18(15,16)17/h1-4,7-8H,5-6H2,(H,11,13,14)(H2,15,16,17)/t7-,8+/m1/s1. The van der Waals surface area contributed by atoms with Gasteiger partial charge < -0.3 is 9.79 Å². The Labute approximate surface area is 102 Å². The Morgan fingerprint density at radius 2 is 2.11 bits per heavy atom. The topological polar surface area (TPSA) is 112 Å². The highest BCUT2D eigenvalue weighted by Gasteiger charge is 2.26. The lowest BCUT2D eigenvalue weighted by Crippen LogP contribution is -2.30. The second-order valence-electron chi connectivity index (χ2n) is 4.31. The van der Waals surface area contributed by atoms with E-state index in [2.05, 4.69) is 4.98 Å². The lowest BCUT2D eigenvalue weighted by Gasteiger charge is -2.14. The third-order valence-electron chi connectivity index (χ3n) is 2.83. The van der Waals surface area contributed by atoms with Gasteiger partial charge in [0.05, 0.1) is 12.2 Å². The molecule has 0 amide bonds. The summed E-state index contributed by atoms with van der Waals surface area (Å²) in [4.78, 5) is 42.4. The lowest BCUT2D eigenvalue weighted by molar-refractivity contribution is 0.363. The van der Waals surface area contributed by atoms with Crippen LogP contribution >= 0.6 is 7.60 Å². The van der Waals surface area contributed by atoms with Crippen LogP contribution in [-0.4, -0.2) is 25.5 Å². The van der Waals surface area contributed by atoms with Crippen LogP contribution in [0.1, 0.15) is 12.5 Å². The third kappa shape index (κ3) is 3.07. The summed E-state index contributed by atoms with van der Waals surface area (Å²) in [6.07, 6.45) is 5.02. The van der Waals surface area contributed by atoms with Crippen molar-refractivity contribution in [3.05, 3.63) is 45.3 Å². The third-order valence-corrected chi connectivity index (χ3v) is 3.78. The van der Waals surface area contributed by atoms with Gasteiger partial charge in [-0.1, -0.05) is 12.2 Å². The number of H-pyrrole nitrogens is 1. The molecule has 7 nitrogen and oxygen atoms in total. The Balaban J connectivity index is 2.15. The van der Waals surface area contributed by atoms with Gasteiger partial charge in [-0.15, -0.1) is 0 Å². The van der Waals surface area contributed by atoms with Crippen LogP contribution in [0.4, 0.5) is 0 Å². The number of hydrogen-bond acceptors (Lipinski definition) is 3. The maximum Gasteiger partial charge on any atom is 0.328 e. The molecule has 1 aromatic rings. The van der Waals surface area contributed by atoms with Crippen molar-refractivity contribution in [1.82, 2.24) is 9.55 Å². The molecule has 0 saturated carbocycles. The van der Waals surface area contributed by atoms with Gasteiger partial charge in [0.15, 0.2) is 0 Å². The van der Waals surface area contributed by atoms with E-state index >= 15 is 0 Å². The van der Waals surface area contributed by atoms with Crippen molar-refractivity contribution in [2.45, 2.75) is 12.5 Å².